The van der Waals surface area contributed by atoms with E-state index in [1.165, 1.54) is 24.3 Å². The molecule has 0 spiro atoms. The predicted molar refractivity (Wildman–Crippen MR) is 132 cm³/mol. The maximum Gasteiger partial charge on any atom is 0.197 e. The summed E-state index contributed by atoms with van der Waals surface area (Å²) in [6.45, 7) is -1.24. The zero-order valence-electron chi connectivity index (χ0n) is 20.6. The Morgan fingerprint density at radius 2 is 1.60 bits per heavy atom. The lowest BCUT2D eigenvalue weighted by molar-refractivity contribution is -0.325. The molecule has 0 bridgehead atoms. The molecular formula is C26H28O14. The van der Waals surface area contributed by atoms with Crippen molar-refractivity contribution in [2.45, 2.75) is 55.1 Å². The molecule has 0 saturated carbocycles. The van der Waals surface area contributed by atoms with E-state index in [-0.39, 0.29) is 22.5 Å². The molecule has 40 heavy (non-hydrogen) atoms. The second-order valence-corrected chi connectivity index (χ2v) is 9.66. The molecule has 9 atom stereocenters. The number of hydrogen-bond donors (Lipinski definition) is 9. The van der Waals surface area contributed by atoms with Gasteiger partial charge in [-0.1, -0.05) is 0 Å². The molecule has 2 fully saturated rings. The highest BCUT2D eigenvalue weighted by Crippen LogP contribution is 2.46. The van der Waals surface area contributed by atoms with Crippen LogP contribution in [0.25, 0.3) is 22.3 Å². The monoisotopic (exact) mass is 564 g/mol. The van der Waals surface area contributed by atoms with Crippen LogP contribution < -0.4 is 5.43 Å². The minimum atomic E-state index is -1.85. The van der Waals surface area contributed by atoms with Gasteiger partial charge >= 0.3 is 0 Å². The minimum Gasteiger partial charge on any atom is -0.508 e. The highest BCUT2D eigenvalue weighted by molar-refractivity contribution is 5.88. The molecule has 2 aromatic carbocycles. The largest absolute Gasteiger partial charge is 0.508 e. The third kappa shape index (κ3) is 4.89. The second kappa shape index (κ2) is 10.9. The van der Waals surface area contributed by atoms with Gasteiger partial charge in [0.2, 0.25) is 0 Å². The number of hydrogen-bond acceptors (Lipinski definition) is 14. The van der Waals surface area contributed by atoms with E-state index in [4.69, 9.17) is 18.6 Å². The lowest BCUT2D eigenvalue weighted by Crippen LogP contribution is -2.60. The van der Waals surface area contributed by atoms with Crippen LogP contribution >= 0.6 is 0 Å². The number of fused-ring (bicyclic) bond motifs is 1. The van der Waals surface area contributed by atoms with Crippen molar-refractivity contribution in [3.8, 4) is 28.6 Å². The Kier molecular flexibility index (Phi) is 7.71. The van der Waals surface area contributed by atoms with Gasteiger partial charge in [0.15, 0.2) is 11.7 Å². The van der Waals surface area contributed by atoms with Gasteiger partial charge in [-0.05, 0) is 24.3 Å². The van der Waals surface area contributed by atoms with E-state index in [0.717, 1.165) is 12.1 Å². The van der Waals surface area contributed by atoms with Crippen LogP contribution in [0.1, 0.15) is 11.7 Å². The molecule has 3 heterocycles. The van der Waals surface area contributed by atoms with Crippen molar-refractivity contribution in [1.29, 1.82) is 0 Å². The van der Waals surface area contributed by atoms with Crippen molar-refractivity contribution < 1.29 is 64.6 Å². The fourth-order valence-electron chi connectivity index (χ4n) is 4.88. The average Bonchev–Trinajstić information content (AvgIpc) is 2.92. The third-order valence-corrected chi connectivity index (χ3v) is 7.06. The van der Waals surface area contributed by atoms with E-state index in [2.05, 4.69) is 0 Å². The Morgan fingerprint density at radius 1 is 0.900 bits per heavy atom. The van der Waals surface area contributed by atoms with Gasteiger partial charge in [-0.25, -0.2) is 0 Å². The van der Waals surface area contributed by atoms with Crippen LogP contribution in [0.2, 0.25) is 0 Å². The van der Waals surface area contributed by atoms with Gasteiger partial charge in [0.1, 0.15) is 82.8 Å². The second-order valence-electron chi connectivity index (χ2n) is 9.66. The molecular weight excluding hydrogens is 536 g/mol. The summed E-state index contributed by atoms with van der Waals surface area (Å²) < 4.78 is 22.3. The topological polar surface area (TPSA) is 240 Å². The van der Waals surface area contributed by atoms with E-state index in [1.807, 2.05) is 0 Å². The van der Waals surface area contributed by atoms with Crippen molar-refractivity contribution in [3.05, 3.63) is 52.2 Å². The van der Waals surface area contributed by atoms with Crippen molar-refractivity contribution in [3.63, 3.8) is 0 Å². The van der Waals surface area contributed by atoms with E-state index in [9.17, 15) is 50.8 Å². The molecule has 216 valence electrons. The van der Waals surface area contributed by atoms with Crippen LogP contribution in [0, 0.1) is 0 Å². The van der Waals surface area contributed by atoms with Crippen LogP contribution in [-0.4, -0.2) is 108 Å². The molecule has 0 radical (unpaired) electrons. The standard InChI is InChI=1S/C26H28O14/c27-7-16-20(33)22(35)25(40-26-23(36)19(32)13(31)8-37-26)24(39-16)18-12(30)6-15-17(21(18)34)11(29)5-14(38-15)9-1-3-10(28)4-2-9/h1-6,13,16,19-20,22-28,30-36H,7-8H2. The van der Waals surface area contributed by atoms with Gasteiger partial charge in [0, 0.05) is 17.7 Å². The van der Waals surface area contributed by atoms with Crippen molar-refractivity contribution in [1.82, 2.24) is 0 Å². The van der Waals surface area contributed by atoms with Crippen LogP contribution in [0.15, 0.2) is 45.6 Å². The predicted octanol–water partition coefficient (Wildman–Crippen LogP) is -1.45. The summed E-state index contributed by atoms with van der Waals surface area (Å²) in [5.74, 6) is -1.42. The summed E-state index contributed by atoms with van der Waals surface area (Å²) in [5, 5.41) is 92.3. The van der Waals surface area contributed by atoms with E-state index in [1.54, 1.807) is 0 Å². The Morgan fingerprint density at radius 3 is 2.27 bits per heavy atom. The fraction of sp³-hybridized carbons (Fsp3) is 0.423. The molecule has 1 aromatic heterocycles. The summed E-state index contributed by atoms with van der Waals surface area (Å²) in [6, 6.07) is 7.84. The van der Waals surface area contributed by atoms with Crippen molar-refractivity contribution >= 4 is 11.0 Å². The normalized spacial score (nSPS) is 32.8. The van der Waals surface area contributed by atoms with Crippen LogP contribution in [0.3, 0.4) is 0 Å². The Labute approximate surface area is 225 Å². The number of phenols is 3. The molecule has 9 N–H and O–H groups in total. The molecule has 9 unspecified atom stereocenters. The first-order valence-corrected chi connectivity index (χ1v) is 12.3. The van der Waals surface area contributed by atoms with E-state index >= 15 is 0 Å². The minimum absolute atomic E-state index is 0.0126. The van der Waals surface area contributed by atoms with Crippen LogP contribution in [0.5, 0.6) is 17.2 Å². The van der Waals surface area contributed by atoms with Gasteiger partial charge in [0.25, 0.3) is 0 Å². The molecule has 14 nitrogen and oxygen atoms in total. The summed E-state index contributed by atoms with van der Waals surface area (Å²) >= 11 is 0. The number of rotatable bonds is 5. The number of ether oxygens (including phenoxy) is 3. The molecule has 0 amide bonds. The van der Waals surface area contributed by atoms with Gasteiger partial charge < -0.3 is 64.6 Å². The zero-order chi connectivity index (χ0) is 28.9. The van der Waals surface area contributed by atoms with Crippen LogP contribution in [-0.2, 0) is 14.2 Å². The lowest BCUT2D eigenvalue weighted by Gasteiger charge is -2.45. The molecule has 14 heteroatoms. The number of aliphatic hydroxyl groups excluding tert-OH is 6. The first-order valence-electron chi connectivity index (χ1n) is 12.3. The molecule has 2 aliphatic heterocycles. The number of benzene rings is 2. The Bertz CT molecular complexity index is 1420. The molecule has 5 rings (SSSR count). The van der Waals surface area contributed by atoms with E-state index < -0.39 is 90.8 Å². The molecule has 2 saturated heterocycles. The first kappa shape index (κ1) is 28.2. The molecule has 0 aliphatic carbocycles. The van der Waals surface area contributed by atoms with E-state index in [0.29, 0.717) is 5.56 Å². The maximum atomic E-state index is 13.1. The highest BCUT2D eigenvalue weighted by atomic mass is 16.7. The quantitative estimate of drug-likeness (QED) is 0.172. The number of aliphatic hydroxyl groups is 6. The first-order chi connectivity index (χ1) is 19.0. The Hall–Kier alpha value is -3.31. The van der Waals surface area contributed by atoms with Crippen molar-refractivity contribution in [2.24, 2.45) is 0 Å². The molecule has 2 aliphatic rings. The summed E-state index contributed by atoms with van der Waals surface area (Å²) in [4.78, 5) is 13.1. The SMILES string of the molecule is O=c1cc(-c2ccc(O)cc2)oc2cc(O)c(C3OC(CO)C(O)C(O)C3OC3OCC(O)C(O)C3O)c(O)c12. The maximum absolute atomic E-state index is 13.1. The van der Waals surface area contributed by atoms with Gasteiger partial charge in [0.05, 0.1) is 18.8 Å². The summed E-state index contributed by atoms with van der Waals surface area (Å²) in [6.07, 6.45) is -14.9. The Balaban J connectivity index is 1.58. The average molecular weight is 564 g/mol. The third-order valence-electron chi connectivity index (χ3n) is 7.06. The van der Waals surface area contributed by atoms with Gasteiger partial charge in [-0.15, -0.1) is 0 Å². The van der Waals surface area contributed by atoms with Crippen LogP contribution in [0.4, 0.5) is 0 Å². The summed E-state index contributed by atoms with van der Waals surface area (Å²) in [7, 11) is 0. The lowest BCUT2D eigenvalue weighted by atomic mass is 9.89. The number of phenolic OH excluding ortho intramolecular Hbond substituents is 3. The highest BCUT2D eigenvalue weighted by Gasteiger charge is 2.50. The number of aromatic hydroxyl groups is 3. The van der Waals surface area contributed by atoms with Crippen molar-refractivity contribution in [2.75, 3.05) is 13.2 Å². The molecule has 3 aromatic rings. The zero-order valence-corrected chi connectivity index (χ0v) is 20.6. The fourth-order valence-corrected chi connectivity index (χ4v) is 4.88. The summed E-state index contributed by atoms with van der Waals surface area (Å²) in [5.41, 5.74) is -0.980. The smallest absolute Gasteiger partial charge is 0.197 e. The van der Waals surface area contributed by atoms with Gasteiger partial charge in [-0.2, -0.15) is 0 Å². The van der Waals surface area contributed by atoms with Gasteiger partial charge in [-0.3, -0.25) is 4.79 Å².